The van der Waals surface area contributed by atoms with Gasteiger partial charge in [0.15, 0.2) is 5.78 Å². The average molecular weight is 230 g/mol. The summed E-state index contributed by atoms with van der Waals surface area (Å²) in [6.07, 6.45) is -1.27. The van der Waals surface area contributed by atoms with Crippen molar-refractivity contribution < 1.29 is 19.8 Å². The van der Waals surface area contributed by atoms with Crippen LogP contribution in [0.15, 0.2) is 18.2 Å². The maximum Gasteiger partial charge on any atom is 0.405 e. The molecule has 0 unspecified atom stereocenters. The third-order valence-electron chi connectivity index (χ3n) is 1.67. The quantitative estimate of drug-likeness (QED) is 0.686. The molecule has 0 fully saturated rings. The molecule has 1 aromatic carbocycles. The van der Waals surface area contributed by atoms with Crippen molar-refractivity contribution in [2.75, 3.05) is 6.54 Å². The van der Waals surface area contributed by atoms with Crippen molar-refractivity contribution in [3.8, 4) is 5.75 Å². The Kier molecular flexibility index (Phi) is 3.51. The van der Waals surface area contributed by atoms with E-state index in [4.69, 9.17) is 21.8 Å². The van der Waals surface area contributed by atoms with Gasteiger partial charge in [0.25, 0.3) is 0 Å². The first kappa shape index (κ1) is 11.3. The molecule has 0 aromatic heterocycles. The minimum absolute atomic E-state index is 0.0520. The fraction of sp³-hybridized carbons (Fsp3) is 0.111. The highest BCUT2D eigenvalue weighted by Crippen LogP contribution is 2.23. The van der Waals surface area contributed by atoms with Crippen molar-refractivity contribution in [2.45, 2.75) is 0 Å². The third kappa shape index (κ3) is 3.14. The van der Waals surface area contributed by atoms with E-state index in [-0.39, 0.29) is 22.9 Å². The van der Waals surface area contributed by atoms with Crippen molar-refractivity contribution in [3.63, 3.8) is 0 Å². The summed E-state index contributed by atoms with van der Waals surface area (Å²) in [4.78, 5) is 21.5. The van der Waals surface area contributed by atoms with Crippen LogP contribution in [-0.4, -0.2) is 28.6 Å². The van der Waals surface area contributed by atoms with Gasteiger partial charge in [0.2, 0.25) is 0 Å². The Balaban J connectivity index is 2.74. The number of hydrogen-bond donors (Lipinski definition) is 3. The molecular formula is C9H8ClNO4. The van der Waals surface area contributed by atoms with Crippen LogP contribution in [0.5, 0.6) is 5.75 Å². The number of aromatic hydroxyl groups is 1. The van der Waals surface area contributed by atoms with Crippen LogP contribution >= 0.6 is 11.6 Å². The molecule has 3 N–H and O–H groups in total. The number of carboxylic acid groups (broad SMARTS) is 1. The Morgan fingerprint density at radius 1 is 1.40 bits per heavy atom. The maximum atomic E-state index is 11.3. The van der Waals surface area contributed by atoms with E-state index in [9.17, 15) is 9.59 Å². The van der Waals surface area contributed by atoms with Crippen LogP contribution in [0.4, 0.5) is 4.79 Å². The van der Waals surface area contributed by atoms with E-state index in [1.165, 1.54) is 18.2 Å². The maximum absolute atomic E-state index is 11.3. The van der Waals surface area contributed by atoms with Crippen LogP contribution in [0, 0.1) is 0 Å². The van der Waals surface area contributed by atoms with Gasteiger partial charge in [0.05, 0.1) is 11.6 Å². The van der Waals surface area contributed by atoms with E-state index >= 15 is 0 Å². The number of ketones is 1. The average Bonchev–Trinajstić information content (AvgIpc) is 2.18. The number of phenols is 1. The van der Waals surface area contributed by atoms with Crippen LogP contribution in [0.2, 0.25) is 5.02 Å². The molecular weight excluding hydrogens is 222 g/mol. The molecule has 15 heavy (non-hydrogen) atoms. The Bertz CT molecular complexity index is 405. The molecule has 0 radical (unpaired) electrons. The first-order valence-corrected chi connectivity index (χ1v) is 4.37. The smallest absolute Gasteiger partial charge is 0.405 e. The van der Waals surface area contributed by atoms with Crippen molar-refractivity contribution in [1.82, 2.24) is 5.32 Å². The van der Waals surface area contributed by atoms with E-state index in [1.54, 1.807) is 0 Å². The predicted octanol–water partition coefficient (Wildman–Crippen LogP) is 1.50. The van der Waals surface area contributed by atoms with Crippen LogP contribution in [-0.2, 0) is 0 Å². The highest BCUT2D eigenvalue weighted by molar-refractivity contribution is 6.32. The van der Waals surface area contributed by atoms with Gasteiger partial charge >= 0.3 is 6.09 Å². The highest BCUT2D eigenvalue weighted by Gasteiger charge is 2.09. The predicted molar refractivity (Wildman–Crippen MR) is 53.5 cm³/mol. The number of carbonyl (C=O) groups excluding carboxylic acids is 1. The largest absolute Gasteiger partial charge is 0.506 e. The van der Waals surface area contributed by atoms with Crippen molar-refractivity contribution in [3.05, 3.63) is 28.8 Å². The normalized spacial score (nSPS) is 9.67. The standard InChI is InChI=1S/C9H8ClNO4/c10-6-3-5(1-2-7(6)12)8(13)4-11-9(14)15/h1-3,11-12H,4H2,(H,14,15). The highest BCUT2D eigenvalue weighted by atomic mass is 35.5. The van der Waals surface area contributed by atoms with Crippen LogP contribution in [0.3, 0.4) is 0 Å². The molecule has 1 amide bonds. The topological polar surface area (TPSA) is 86.6 Å². The Hall–Kier alpha value is -1.75. The Labute approximate surface area is 90.3 Å². The van der Waals surface area contributed by atoms with Gasteiger partial charge < -0.3 is 15.5 Å². The van der Waals surface area contributed by atoms with Gasteiger partial charge in [-0.2, -0.15) is 0 Å². The lowest BCUT2D eigenvalue weighted by Crippen LogP contribution is -2.27. The number of phenolic OH excluding ortho intramolecular Hbond substituents is 1. The van der Waals surface area contributed by atoms with Gasteiger partial charge in [0, 0.05) is 5.56 Å². The summed E-state index contributed by atoms with van der Waals surface area (Å²) in [6.45, 7) is -0.323. The van der Waals surface area contributed by atoms with E-state index in [0.717, 1.165) is 0 Å². The number of carbonyl (C=O) groups is 2. The number of hydrogen-bond acceptors (Lipinski definition) is 3. The van der Waals surface area contributed by atoms with Crippen LogP contribution in [0.25, 0.3) is 0 Å². The van der Waals surface area contributed by atoms with Crippen molar-refractivity contribution in [1.29, 1.82) is 0 Å². The second-order valence-corrected chi connectivity index (χ2v) is 3.16. The summed E-state index contributed by atoms with van der Waals surface area (Å²) in [6, 6.07) is 3.92. The van der Waals surface area contributed by atoms with Gasteiger partial charge in [-0.1, -0.05) is 11.6 Å². The number of benzene rings is 1. The third-order valence-corrected chi connectivity index (χ3v) is 1.97. The zero-order valence-corrected chi connectivity index (χ0v) is 8.28. The first-order valence-electron chi connectivity index (χ1n) is 3.99. The van der Waals surface area contributed by atoms with Gasteiger partial charge in [-0.15, -0.1) is 0 Å². The van der Waals surface area contributed by atoms with Crippen LogP contribution < -0.4 is 5.32 Å². The molecule has 0 bridgehead atoms. The number of Topliss-reactive ketones (excluding diaryl/α,β-unsaturated/α-hetero) is 1. The number of halogens is 1. The second-order valence-electron chi connectivity index (χ2n) is 2.75. The van der Waals surface area contributed by atoms with Crippen molar-refractivity contribution >= 4 is 23.5 Å². The summed E-state index contributed by atoms with van der Waals surface area (Å²) in [5, 5.41) is 19.4. The number of rotatable bonds is 3. The lowest BCUT2D eigenvalue weighted by molar-refractivity contribution is 0.0987. The molecule has 0 saturated carbocycles. The van der Waals surface area contributed by atoms with E-state index in [1.807, 2.05) is 5.32 Å². The summed E-state index contributed by atoms with van der Waals surface area (Å²) < 4.78 is 0. The summed E-state index contributed by atoms with van der Waals surface area (Å²) in [5.41, 5.74) is 0.242. The number of nitrogens with one attached hydrogen (secondary N) is 1. The zero-order valence-electron chi connectivity index (χ0n) is 7.53. The molecule has 6 heteroatoms. The van der Waals surface area contributed by atoms with Gasteiger partial charge in [-0.25, -0.2) is 4.79 Å². The number of amides is 1. The molecule has 1 rings (SSSR count). The monoisotopic (exact) mass is 229 g/mol. The molecule has 0 spiro atoms. The van der Waals surface area contributed by atoms with E-state index in [0.29, 0.717) is 0 Å². The molecule has 80 valence electrons. The molecule has 0 heterocycles. The molecule has 0 atom stereocenters. The minimum Gasteiger partial charge on any atom is -0.506 e. The lowest BCUT2D eigenvalue weighted by Gasteiger charge is -2.02. The Morgan fingerprint density at radius 3 is 2.60 bits per heavy atom. The SMILES string of the molecule is O=C(O)NCC(=O)c1ccc(O)c(Cl)c1. The van der Waals surface area contributed by atoms with E-state index < -0.39 is 11.9 Å². The van der Waals surface area contributed by atoms with Gasteiger partial charge in [-0.05, 0) is 18.2 Å². The first-order chi connectivity index (χ1) is 7.00. The minimum atomic E-state index is -1.27. The molecule has 0 aliphatic rings. The fourth-order valence-corrected chi connectivity index (χ4v) is 1.12. The Morgan fingerprint density at radius 2 is 2.07 bits per heavy atom. The zero-order chi connectivity index (χ0) is 11.4. The van der Waals surface area contributed by atoms with Gasteiger partial charge in [0.1, 0.15) is 5.75 Å². The summed E-state index contributed by atoms with van der Waals surface area (Å²) in [7, 11) is 0. The molecule has 0 aliphatic carbocycles. The second kappa shape index (κ2) is 4.65. The van der Waals surface area contributed by atoms with Gasteiger partial charge in [-0.3, -0.25) is 4.79 Å². The summed E-state index contributed by atoms with van der Waals surface area (Å²) in [5.74, 6) is -0.543. The van der Waals surface area contributed by atoms with Crippen LogP contribution in [0.1, 0.15) is 10.4 Å². The summed E-state index contributed by atoms with van der Waals surface area (Å²) >= 11 is 5.58. The molecule has 0 aliphatic heterocycles. The van der Waals surface area contributed by atoms with E-state index in [2.05, 4.69) is 0 Å². The fourth-order valence-electron chi connectivity index (χ4n) is 0.938. The molecule has 1 aromatic rings. The molecule has 0 saturated heterocycles. The lowest BCUT2D eigenvalue weighted by atomic mass is 10.1. The van der Waals surface area contributed by atoms with Crippen molar-refractivity contribution in [2.24, 2.45) is 0 Å². The molecule has 5 nitrogen and oxygen atoms in total.